The smallest absolute Gasteiger partial charge is 0.224 e. The first-order valence-corrected chi connectivity index (χ1v) is 11.7. The van der Waals surface area contributed by atoms with Crippen LogP contribution in [0.3, 0.4) is 0 Å². The maximum atomic E-state index is 12.4. The predicted octanol–water partition coefficient (Wildman–Crippen LogP) is 2.99. The Morgan fingerprint density at radius 2 is 1.80 bits per heavy atom. The summed E-state index contributed by atoms with van der Waals surface area (Å²) in [6.07, 6.45) is 5.54. The largest absolute Gasteiger partial charge is 0.357 e. The highest BCUT2D eigenvalue weighted by Crippen LogP contribution is 2.16. The summed E-state index contributed by atoms with van der Waals surface area (Å²) in [6.45, 7) is 11.7. The normalized spacial score (nSPS) is 20.4. The van der Waals surface area contributed by atoms with Crippen LogP contribution in [0, 0.1) is 5.92 Å². The molecular weight excluding hydrogens is 374 g/mol. The van der Waals surface area contributed by atoms with Gasteiger partial charge in [-0.25, -0.2) is 4.99 Å². The highest BCUT2D eigenvalue weighted by Gasteiger charge is 2.20. The van der Waals surface area contributed by atoms with Gasteiger partial charge in [0.25, 0.3) is 0 Å². The van der Waals surface area contributed by atoms with Gasteiger partial charge in [0.05, 0.1) is 6.54 Å². The molecule has 2 saturated heterocycles. The van der Waals surface area contributed by atoms with Gasteiger partial charge in [-0.2, -0.15) is 0 Å². The Morgan fingerprint density at radius 1 is 1.07 bits per heavy atom. The number of nitrogens with one attached hydrogen (secondary N) is 2. The van der Waals surface area contributed by atoms with E-state index in [2.05, 4.69) is 53.6 Å². The molecule has 2 heterocycles. The molecule has 1 unspecified atom stereocenters. The average molecular weight is 414 g/mol. The summed E-state index contributed by atoms with van der Waals surface area (Å²) in [6, 6.07) is 8.81. The number of rotatable bonds is 8. The van der Waals surface area contributed by atoms with Gasteiger partial charge >= 0.3 is 0 Å². The van der Waals surface area contributed by atoms with Gasteiger partial charge in [0.2, 0.25) is 5.91 Å². The third kappa shape index (κ3) is 7.31. The standard InChI is InChI=1S/C24H39N5O/c1-3-25-24(26-13-12-23(30)29-16-6-7-20(2)18-29)27-17-21-8-10-22(11-9-21)19-28-14-4-5-15-28/h8-11,20H,3-7,12-19H2,1-2H3,(H2,25,26,27). The van der Waals surface area contributed by atoms with Gasteiger partial charge < -0.3 is 15.5 Å². The van der Waals surface area contributed by atoms with E-state index in [9.17, 15) is 4.79 Å². The first-order chi connectivity index (χ1) is 14.6. The number of hydrogen-bond donors (Lipinski definition) is 2. The Balaban J connectivity index is 1.43. The zero-order valence-corrected chi connectivity index (χ0v) is 18.8. The third-order valence-electron chi connectivity index (χ3n) is 6.03. The maximum absolute atomic E-state index is 12.4. The number of benzene rings is 1. The van der Waals surface area contributed by atoms with Crippen molar-refractivity contribution < 1.29 is 4.79 Å². The second kappa shape index (κ2) is 11.9. The van der Waals surface area contributed by atoms with E-state index >= 15 is 0 Å². The Labute approximate surface area is 182 Å². The van der Waals surface area contributed by atoms with Crippen molar-refractivity contribution in [1.82, 2.24) is 20.4 Å². The number of guanidine groups is 1. The summed E-state index contributed by atoms with van der Waals surface area (Å²) in [5.41, 5.74) is 2.58. The van der Waals surface area contributed by atoms with Gasteiger partial charge in [-0.1, -0.05) is 31.2 Å². The molecule has 30 heavy (non-hydrogen) atoms. The predicted molar refractivity (Wildman–Crippen MR) is 123 cm³/mol. The minimum atomic E-state index is 0.249. The number of carbonyl (C=O) groups excluding carboxylic acids is 1. The molecule has 3 rings (SSSR count). The zero-order valence-electron chi connectivity index (χ0n) is 18.8. The van der Waals surface area contributed by atoms with Crippen LogP contribution in [-0.2, 0) is 17.9 Å². The molecule has 2 aliphatic heterocycles. The van der Waals surface area contributed by atoms with Crippen LogP contribution in [0.1, 0.15) is 57.1 Å². The van der Waals surface area contributed by atoms with Crippen molar-refractivity contribution >= 4 is 11.9 Å². The highest BCUT2D eigenvalue weighted by atomic mass is 16.2. The number of likely N-dealkylation sites (tertiary alicyclic amines) is 2. The molecular formula is C24H39N5O. The molecule has 1 aromatic carbocycles. The fourth-order valence-corrected chi connectivity index (χ4v) is 4.32. The van der Waals surface area contributed by atoms with E-state index in [-0.39, 0.29) is 5.91 Å². The third-order valence-corrected chi connectivity index (χ3v) is 6.03. The number of hydrogen-bond acceptors (Lipinski definition) is 3. The van der Waals surface area contributed by atoms with Gasteiger partial charge in [-0.3, -0.25) is 9.69 Å². The summed E-state index contributed by atoms with van der Waals surface area (Å²) >= 11 is 0. The van der Waals surface area contributed by atoms with Crippen molar-refractivity contribution in [2.45, 2.75) is 59.0 Å². The van der Waals surface area contributed by atoms with Crippen LogP contribution in [0.15, 0.2) is 29.3 Å². The second-order valence-electron chi connectivity index (χ2n) is 8.76. The molecule has 2 N–H and O–H groups in total. The molecule has 1 amide bonds. The lowest BCUT2D eigenvalue weighted by Crippen LogP contribution is -2.42. The Kier molecular flexibility index (Phi) is 9.00. The van der Waals surface area contributed by atoms with Crippen LogP contribution in [0.4, 0.5) is 0 Å². The maximum Gasteiger partial charge on any atom is 0.224 e. The van der Waals surface area contributed by atoms with Gasteiger partial charge in [-0.05, 0) is 62.7 Å². The molecule has 0 saturated carbocycles. The molecule has 166 valence electrons. The fourth-order valence-electron chi connectivity index (χ4n) is 4.32. The molecule has 2 aliphatic rings. The van der Waals surface area contributed by atoms with E-state index < -0.39 is 0 Å². The van der Waals surface area contributed by atoms with Crippen molar-refractivity contribution in [2.24, 2.45) is 10.9 Å². The number of piperidine rings is 1. The van der Waals surface area contributed by atoms with Gasteiger partial charge in [0.1, 0.15) is 0 Å². The van der Waals surface area contributed by atoms with Crippen molar-refractivity contribution in [1.29, 1.82) is 0 Å². The van der Waals surface area contributed by atoms with Crippen LogP contribution < -0.4 is 10.6 Å². The van der Waals surface area contributed by atoms with Crippen molar-refractivity contribution in [2.75, 3.05) is 39.3 Å². The lowest BCUT2D eigenvalue weighted by atomic mass is 10.00. The molecule has 1 aromatic rings. The number of carbonyl (C=O) groups is 1. The number of nitrogens with zero attached hydrogens (tertiary/aromatic N) is 3. The van der Waals surface area contributed by atoms with Crippen LogP contribution in [0.5, 0.6) is 0 Å². The monoisotopic (exact) mass is 413 g/mol. The minimum Gasteiger partial charge on any atom is -0.357 e. The van der Waals surface area contributed by atoms with Crippen LogP contribution in [0.2, 0.25) is 0 Å². The van der Waals surface area contributed by atoms with E-state index in [4.69, 9.17) is 4.99 Å². The van der Waals surface area contributed by atoms with Crippen molar-refractivity contribution in [3.63, 3.8) is 0 Å². The van der Waals surface area contributed by atoms with Crippen molar-refractivity contribution in [3.8, 4) is 0 Å². The van der Waals surface area contributed by atoms with E-state index in [0.29, 0.717) is 25.4 Å². The van der Waals surface area contributed by atoms with Gasteiger partial charge in [0, 0.05) is 39.1 Å². The first-order valence-electron chi connectivity index (χ1n) is 11.7. The molecule has 2 fully saturated rings. The van der Waals surface area contributed by atoms with E-state index in [1.54, 1.807) is 0 Å². The first kappa shape index (κ1) is 22.6. The van der Waals surface area contributed by atoms with Gasteiger partial charge in [-0.15, -0.1) is 0 Å². The molecule has 1 atom stereocenters. The molecule has 0 spiro atoms. The van der Waals surface area contributed by atoms with E-state index in [0.717, 1.165) is 38.6 Å². The summed E-state index contributed by atoms with van der Waals surface area (Å²) < 4.78 is 0. The lowest BCUT2D eigenvalue weighted by Gasteiger charge is -2.31. The van der Waals surface area contributed by atoms with Crippen LogP contribution in [-0.4, -0.2) is 60.9 Å². The van der Waals surface area contributed by atoms with Gasteiger partial charge in [0.15, 0.2) is 5.96 Å². The van der Waals surface area contributed by atoms with Crippen LogP contribution >= 0.6 is 0 Å². The second-order valence-corrected chi connectivity index (χ2v) is 8.76. The topological polar surface area (TPSA) is 60.0 Å². The van der Waals surface area contributed by atoms with Crippen LogP contribution in [0.25, 0.3) is 0 Å². The summed E-state index contributed by atoms with van der Waals surface area (Å²) in [5.74, 6) is 1.65. The lowest BCUT2D eigenvalue weighted by molar-refractivity contribution is -0.132. The number of amides is 1. The highest BCUT2D eigenvalue weighted by molar-refractivity contribution is 5.81. The summed E-state index contributed by atoms with van der Waals surface area (Å²) in [4.78, 5) is 21.7. The molecule has 6 heteroatoms. The number of aliphatic imine (C=N–C) groups is 1. The average Bonchev–Trinajstić information content (AvgIpc) is 3.26. The van der Waals surface area contributed by atoms with Crippen molar-refractivity contribution in [3.05, 3.63) is 35.4 Å². The zero-order chi connectivity index (χ0) is 21.2. The van der Waals surface area contributed by atoms with E-state index in [1.165, 1.54) is 43.5 Å². The molecule has 6 nitrogen and oxygen atoms in total. The minimum absolute atomic E-state index is 0.249. The molecule has 0 aromatic heterocycles. The Morgan fingerprint density at radius 3 is 2.50 bits per heavy atom. The molecule has 0 aliphatic carbocycles. The molecule has 0 bridgehead atoms. The Bertz CT molecular complexity index is 681. The summed E-state index contributed by atoms with van der Waals surface area (Å²) in [5, 5.41) is 6.60. The Hall–Kier alpha value is -2.08. The fraction of sp³-hybridized carbons (Fsp3) is 0.667. The quantitative estimate of drug-likeness (QED) is 0.508. The van der Waals surface area contributed by atoms with E-state index in [1.807, 2.05) is 4.90 Å². The summed E-state index contributed by atoms with van der Waals surface area (Å²) in [7, 11) is 0. The molecule has 0 radical (unpaired) electrons. The SMILES string of the molecule is CCNC(=NCc1ccc(CN2CCCC2)cc1)NCCC(=O)N1CCCC(C)C1.